The molecule has 0 fully saturated rings. The largest absolute Gasteiger partial charge is 0.247 e. The SMILES string of the molecule is [C-]#[N+]c1ccc(-c2ccc(-c3nc4ccccc4c4c5ccccc5c5ccccc5c34)cc2)cc1. The van der Waals surface area contributed by atoms with Gasteiger partial charge in [0.2, 0.25) is 0 Å². The predicted molar refractivity (Wildman–Crippen MR) is 151 cm³/mol. The van der Waals surface area contributed by atoms with Crippen LogP contribution in [0, 0.1) is 6.57 Å². The fourth-order valence-electron chi connectivity index (χ4n) is 5.38. The summed E-state index contributed by atoms with van der Waals surface area (Å²) in [5.74, 6) is 0. The monoisotopic (exact) mass is 456 g/mol. The van der Waals surface area contributed by atoms with Crippen LogP contribution in [-0.2, 0) is 0 Å². The van der Waals surface area contributed by atoms with Gasteiger partial charge in [-0.05, 0) is 38.7 Å². The van der Waals surface area contributed by atoms with Crippen LogP contribution in [0.25, 0.3) is 70.4 Å². The van der Waals surface area contributed by atoms with Crippen LogP contribution in [0.5, 0.6) is 0 Å². The Bertz CT molecular complexity index is 1980. The molecule has 0 aliphatic carbocycles. The van der Waals surface area contributed by atoms with Crippen molar-refractivity contribution < 1.29 is 0 Å². The third-order valence-corrected chi connectivity index (χ3v) is 7.06. The maximum absolute atomic E-state index is 7.19. The molecule has 0 radical (unpaired) electrons. The molecule has 1 aromatic heterocycles. The first-order valence-corrected chi connectivity index (χ1v) is 12.0. The van der Waals surface area contributed by atoms with Crippen molar-refractivity contribution in [3.8, 4) is 22.4 Å². The molecule has 0 atom stereocenters. The summed E-state index contributed by atoms with van der Waals surface area (Å²) in [6.07, 6.45) is 0. The molecule has 0 aliphatic rings. The van der Waals surface area contributed by atoms with Crippen molar-refractivity contribution in [2.24, 2.45) is 0 Å². The number of hydrogen-bond acceptors (Lipinski definition) is 1. The zero-order valence-corrected chi connectivity index (χ0v) is 19.4. The molecule has 0 saturated heterocycles. The first-order valence-electron chi connectivity index (χ1n) is 12.0. The lowest BCUT2D eigenvalue weighted by Gasteiger charge is -2.16. The Balaban J connectivity index is 1.56. The molecule has 0 saturated carbocycles. The number of rotatable bonds is 2. The summed E-state index contributed by atoms with van der Waals surface area (Å²) in [5.41, 5.74) is 5.96. The Morgan fingerprint density at radius 2 is 0.917 bits per heavy atom. The van der Waals surface area contributed by atoms with E-state index in [1.165, 1.54) is 37.7 Å². The van der Waals surface area contributed by atoms with E-state index in [1.54, 1.807) is 0 Å². The second kappa shape index (κ2) is 8.05. The van der Waals surface area contributed by atoms with Gasteiger partial charge in [-0.25, -0.2) is 9.83 Å². The zero-order valence-electron chi connectivity index (χ0n) is 19.4. The molecule has 0 unspecified atom stereocenters. The van der Waals surface area contributed by atoms with E-state index < -0.39 is 0 Å². The molecule has 166 valence electrons. The molecular formula is C34H20N2. The highest BCUT2D eigenvalue weighted by Gasteiger charge is 2.17. The lowest BCUT2D eigenvalue weighted by molar-refractivity contribution is 1.43. The molecular weight excluding hydrogens is 436 g/mol. The minimum atomic E-state index is 0.654. The third kappa shape index (κ3) is 3.07. The van der Waals surface area contributed by atoms with Gasteiger partial charge in [0.1, 0.15) is 0 Å². The lowest BCUT2D eigenvalue weighted by Crippen LogP contribution is -1.93. The fourth-order valence-corrected chi connectivity index (χ4v) is 5.38. The topological polar surface area (TPSA) is 17.2 Å². The summed E-state index contributed by atoms with van der Waals surface area (Å²) in [7, 11) is 0. The van der Waals surface area contributed by atoms with Crippen molar-refractivity contribution in [3.05, 3.63) is 133 Å². The van der Waals surface area contributed by atoms with Gasteiger partial charge in [0.15, 0.2) is 5.69 Å². The Labute approximate surface area is 208 Å². The highest BCUT2D eigenvalue weighted by Crippen LogP contribution is 2.42. The third-order valence-electron chi connectivity index (χ3n) is 7.06. The molecule has 6 aromatic carbocycles. The number of nitrogens with zero attached hydrogens (tertiary/aromatic N) is 2. The normalized spacial score (nSPS) is 11.3. The van der Waals surface area contributed by atoms with Crippen LogP contribution in [0.2, 0.25) is 0 Å². The molecule has 0 amide bonds. The van der Waals surface area contributed by atoms with Crippen LogP contribution in [0.1, 0.15) is 0 Å². The number of benzene rings is 6. The maximum atomic E-state index is 7.19. The zero-order chi connectivity index (χ0) is 24.1. The lowest BCUT2D eigenvalue weighted by atomic mass is 9.90. The number of pyridine rings is 1. The van der Waals surface area contributed by atoms with Crippen molar-refractivity contribution in [2.45, 2.75) is 0 Å². The van der Waals surface area contributed by atoms with E-state index in [1.807, 2.05) is 24.3 Å². The van der Waals surface area contributed by atoms with Gasteiger partial charge in [-0.3, -0.25) is 0 Å². The average Bonchev–Trinajstić information content (AvgIpc) is 2.96. The number of fused-ring (bicyclic) bond motifs is 8. The fraction of sp³-hybridized carbons (Fsp3) is 0. The van der Waals surface area contributed by atoms with E-state index >= 15 is 0 Å². The summed E-state index contributed by atoms with van der Waals surface area (Å²) in [6.45, 7) is 7.19. The molecule has 7 rings (SSSR count). The molecule has 0 bridgehead atoms. The minimum Gasteiger partial charge on any atom is -0.247 e. The maximum Gasteiger partial charge on any atom is 0.187 e. The second-order valence-electron chi connectivity index (χ2n) is 9.05. The van der Waals surface area contributed by atoms with Crippen LogP contribution in [0.3, 0.4) is 0 Å². The van der Waals surface area contributed by atoms with E-state index in [-0.39, 0.29) is 0 Å². The summed E-state index contributed by atoms with van der Waals surface area (Å²) in [4.78, 5) is 8.72. The van der Waals surface area contributed by atoms with Crippen LogP contribution in [0.15, 0.2) is 121 Å². The molecule has 2 nitrogen and oxygen atoms in total. The molecule has 0 spiro atoms. The number of hydrogen-bond donors (Lipinski definition) is 0. The average molecular weight is 457 g/mol. The van der Waals surface area contributed by atoms with Crippen molar-refractivity contribution in [1.29, 1.82) is 0 Å². The van der Waals surface area contributed by atoms with Gasteiger partial charge < -0.3 is 0 Å². The van der Waals surface area contributed by atoms with Crippen molar-refractivity contribution in [1.82, 2.24) is 4.98 Å². The first kappa shape index (κ1) is 20.4. The van der Waals surface area contributed by atoms with Gasteiger partial charge in [0.25, 0.3) is 0 Å². The van der Waals surface area contributed by atoms with Gasteiger partial charge in [0.05, 0.1) is 17.8 Å². The van der Waals surface area contributed by atoms with E-state index in [4.69, 9.17) is 11.6 Å². The van der Waals surface area contributed by atoms with Crippen LogP contribution >= 0.6 is 0 Å². The molecule has 0 aliphatic heterocycles. The van der Waals surface area contributed by atoms with E-state index in [2.05, 4.69) is 102 Å². The van der Waals surface area contributed by atoms with Crippen molar-refractivity contribution >= 4 is 48.9 Å². The second-order valence-corrected chi connectivity index (χ2v) is 9.05. The quantitative estimate of drug-likeness (QED) is 0.187. The van der Waals surface area contributed by atoms with Crippen molar-refractivity contribution in [2.75, 3.05) is 0 Å². The van der Waals surface area contributed by atoms with Gasteiger partial charge >= 0.3 is 0 Å². The molecule has 2 heteroatoms. The number of aromatic nitrogens is 1. The van der Waals surface area contributed by atoms with Gasteiger partial charge in [-0.15, -0.1) is 0 Å². The van der Waals surface area contributed by atoms with E-state index in [0.717, 1.165) is 27.9 Å². The first-order chi connectivity index (χ1) is 17.8. The Morgan fingerprint density at radius 3 is 1.53 bits per heavy atom. The number of para-hydroxylation sites is 1. The summed E-state index contributed by atoms with van der Waals surface area (Å²) in [5, 5.41) is 8.60. The summed E-state index contributed by atoms with van der Waals surface area (Å²) in [6, 6.07) is 42.2. The molecule has 0 N–H and O–H groups in total. The molecule has 1 heterocycles. The standard InChI is InChI=1S/C34H20N2/c1-35-25-20-18-23(19-21-25)22-14-16-24(17-15-22)34-33-29-11-5-3-9-27(29)26-8-2-4-10-28(26)32(33)30-12-6-7-13-31(30)36-34/h2-21H. The summed E-state index contributed by atoms with van der Waals surface area (Å²) < 4.78 is 0. The van der Waals surface area contributed by atoms with Gasteiger partial charge in [-0.2, -0.15) is 0 Å². The highest BCUT2D eigenvalue weighted by atomic mass is 14.7. The van der Waals surface area contributed by atoms with E-state index in [9.17, 15) is 0 Å². The molecule has 36 heavy (non-hydrogen) atoms. The Hall–Kier alpha value is -5.00. The van der Waals surface area contributed by atoms with Crippen LogP contribution < -0.4 is 0 Å². The minimum absolute atomic E-state index is 0.654. The van der Waals surface area contributed by atoms with E-state index in [0.29, 0.717) is 5.69 Å². The molecule has 7 aromatic rings. The Kier molecular flexibility index (Phi) is 4.55. The highest BCUT2D eigenvalue weighted by molar-refractivity contribution is 6.33. The summed E-state index contributed by atoms with van der Waals surface area (Å²) >= 11 is 0. The Morgan fingerprint density at radius 1 is 0.444 bits per heavy atom. The van der Waals surface area contributed by atoms with Crippen molar-refractivity contribution in [3.63, 3.8) is 0 Å². The van der Waals surface area contributed by atoms with Gasteiger partial charge in [-0.1, -0.05) is 115 Å². The predicted octanol–water partition coefficient (Wildman–Crippen LogP) is 9.58. The van der Waals surface area contributed by atoms with Gasteiger partial charge in [0, 0.05) is 21.7 Å². The van der Waals surface area contributed by atoms with Crippen LogP contribution in [0.4, 0.5) is 5.69 Å². The smallest absolute Gasteiger partial charge is 0.187 e. The van der Waals surface area contributed by atoms with Crippen LogP contribution in [-0.4, -0.2) is 4.98 Å².